The zero-order valence-corrected chi connectivity index (χ0v) is 14.5. The molecule has 1 aliphatic carbocycles. The summed E-state index contributed by atoms with van der Waals surface area (Å²) in [5, 5.41) is 16.5. The van der Waals surface area contributed by atoms with Crippen molar-refractivity contribution in [1.29, 1.82) is 0 Å². The van der Waals surface area contributed by atoms with Gasteiger partial charge in [0.2, 0.25) is 5.91 Å². The van der Waals surface area contributed by atoms with Gasteiger partial charge in [0, 0.05) is 26.2 Å². The Bertz CT molecular complexity index is 729. The Morgan fingerprint density at radius 2 is 2.00 bits per heavy atom. The van der Waals surface area contributed by atoms with Crippen LogP contribution >= 0.6 is 0 Å². The lowest BCUT2D eigenvalue weighted by molar-refractivity contribution is -0.384. The molecule has 0 bridgehead atoms. The Morgan fingerprint density at radius 1 is 1.31 bits per heavy atom. The lowest BCUT2D eigenvalue weighted by Crippen LogP contribution is -2.38. The van der Waals surface area contributed by atoms with Crippen molar-refractivity contribution in [2.45, 2.75) is 18.9 Å². The number of amides is 2. The molecule has 2 rings (SSSR count). The van der Waals surface area contributed by atoms with E-state index in [1.54, 1.807) is 14.1 Å². The third kappa shape index (κ3) is 5.43. The Kier molecular flexibility index (Phi) is 6.10. The average molecular weight is 364 g/mol. The molecule has 0 atom stereocenters. The number of carbonyl (C=O) groups excluding carboxylic acids is 3. The zero-order valence-electron chi connectivity index (χ0n) is 14.5. The molecule has 1 aromatic carbocycles. The van der Waals surface area contributed by atoms with Crippen molar-refractivity contribution in [2.24, 2.45) is 0 Å². The number of ether oxygens (including phenoxy) is 1. The van der Waals surface area contributed by atoms with Crippen LogP contribution in [0.2, 0.25) is 0 Å². The van der Waals surface area contributed by atoms with Crippen molar-refractivity contribution in [1.82, 2.24) is 10.2 Å². The number of benzene rings is 1. The van der Waals surface area contributed by atoms with Crippen LogP contribution < -0.4 is 10.6 Å². The number of nitro benzene ring substituents is 1. The SMILES string of the molecule is CN(C)C(=O)CNC(=O)COC(=O)c1ccc(NC2CC2)c([N+](=O)[O-])c1. The zero-order chi connectivity index (χ0) is 19.3. The first-order chi connectivity index (χ1) is 12.3. The van der Waals surface area contributed by atoms with Gasteiger partial charge in [0.05, 0.1) is 17.0 Å². The smallest absolute Gasteiger partial charge is 0.338 e. The first kappa shape index (κ1) is 19.2. The molecule has 26 heavy (non-hydrogen) atoms. The highest BCUT2D eigenvalue weighted by Crippen LogP contribution is 2.31. The van der Waals surface area contributed by atoms with Crippen molar-refractivity contribution in [2.75, 3.05) is 32.6 Å². The number of nitro groups is 1. The lowest BCUT2D eigenvalue weighted by atomic mass is 10.1. The maximum absolute atomic E-state index is 12.0. The summed E-state index contributed by atoms with van der Waals surface area (Å²) in [5.74, 6) is -1.81. The van der Waals surface area contributed by atoms with E-state index in [2.05, 4.69) is 10.6 Å². The van der Waals surface area contributed by atoms with E-state index in [0.29, 0.717) is 5.69 Å². The summed E-state index contributed by atoms with van der Waals surface area (Å²) < 4.78 is 4.83. The second-order valence-corrected chi connectivity index (χ2v) is 6.05. The molecule has 2 amide bonds. The van der Waals surface area contributed by atoms with Crippen molar-refractivity contribution in [3.63, 3.8) is 0 Å². The highest BCUT2D eigenvalue weighted by Gasteiger charge is 2.26. The van der Waals surface area contributed by atoms with Gasteiger partial charge in [-0.2, -0.15) is 0 Å². The van der Waals surface area contributed by atoms with E-state index < -0.39 is 23.4 Å². The molecule has 0 saturated heterocycles. The second kappa shape index (κ2) is 8.28. The van der Waals surface area contributed by atoms with Gasteiger partial charge in [0.25, 0.3) is 11.6 Å². The summed E-state index contributed by atoms with van der Waals surface area (Å²) in [5.41, 5.74) is 0.0802. The average Bonchev–Trinajstić information content (AvgIpc) is 3.41. The molecular weight excluding hydrogens is 344 g/mol. The van der Waals surface area contributed by atoms with Crippen LogP contribution in [0, 0.1) is 10.1 Å². The highest BCUT2D eigenvalue weighted by molar-refractivity contribution is 5.93. The number of likely N-dealkylation sites (N-methyl/N-ethyl adjacent to an activating group) is 1. The number of esters is 1. The van der Waals surface area contributed by atoms with Gasteiger partial charge in [0.1, 0.15) is 5.69 Å². The Balaban J connectivity index is 1.92. The molecule has 0 unspecified atom stereocenters. The number of rotatable bonds is 8. The fourth-order valence-electron chi connectivity index (χ4n) is 1.98. The third-order valence-corrected chi connectivity index (χ3v) is 3.64. The fraction of sp³-hybridized carbons (Fsp3) is 0.438. The minimum Gasteiger partial charge on any atom is -0.452 e. The van der Waals surface area contributed by atoms with Crippen LogP contribution in [-0.2, 0) is 14.3 Å². The maximum Gasteiger partial charge on any atom is 0.338 e. The lowest BCUT2D eigenvalue weighted by Gasteiger charge is -2.11. The summed E-state index contributed by atoms with van der Waals surface area (Å²) in [7, 11) is 3.09. The normalized spacial score (nSPS) is 12.8. The minimum atomic E-state index is -0.861. The number of nitrogens with zero attached hydrogens (tertiary/aromatic N) is 2. The quantitative estimate of drug-likeness (QED) is 0.391. The largest absolute Gasteiger partial charge is 0.452 e. The Morgan fingerprint density at radius 3 is 2.58 bits per heavy atom. The van der Waals surface area contributed by atoms with Crippen LogP contribution in [0.4, 0.5) is 11.4 Å². The van der Waals surface area contributed by atoms with Gasteiger partial charge in [-0.25, -0.2) is 4.79 Å². The molecule has 140 valence electrons. The van der Waals surface area contributed by atoms with Crippen molar-refractivity contribution in [3.05, 3.63) is 33.9 Å². The predicted molar refractivity (Wildman–Crippen MR) is 91.7 cm³/mol. The molecule has 2 N–H and O–H groups in total. The molecular formula is C16H20N4O6. The molecule has 1 saturated carbocycles. The van der Waals surface area contributed by atoms with E-state index >= 15 is 0 Å². The second-order valence-electron chi connectivity index (χ2n) is 6.05. The van der Waals surface area contributed by atoms with E-state index in [-0.39, 0.29) is 29.7 Å². The summed E-state index contributed by atoms with van der Waals surface area (Å²) in [4.78, 5) is 46.8. The summed E-state index contributed by atoms with van der Waals surface area (Å²) in [6.07, 6.45) is 1.90. The molecule has 1 fully saturated rings. The van der Waals surface area contributed by atoms with E-state index in [1.807, 2.05) is 0 Å². The number of nitrogens with one attached hydrogen (secondary N) is 2. The Labute approximate surface area is 149 Å². The number of anilines is 1. The van der Waals surface area contributed by atoms with Crippen LogP contribution in [-0.4, -0.2) is 60.9 Å². The minimum absolute atomic E-state index is 0.0322. The van der Waals surface area contributed by atoms with Crippen LogP contribution in [0.25, 0.3) is 0 Å². The van der Waals surface area contributed by atoms with Gasteiger partial charge < -0.3 is 20.3 Å². The van der Waals surface area contributed by atoms with Crippen molar-refractivity contribution >= 4 is 29.2 Å². The number of hydrogen-bond donors (Lipinski definition) is 2. The number of hydrogen-bond acceptors (Lipinski definition) is 7. The molecule has 0 radical (unpaired) electrons. The van der Waals surface area contributed by atoms with Crippen LogP contribution in [0.1, 0.15) is 23.2 Å². The summed E-state index contributed by atoms with van der Waals surface area (Å²) in [6, 6.07) is 4.18. The standard InChI is InChI=1S/C16H20N4O6/c1-19(2)15(22)8-17-14(21)9-26-16(23)10-3-6-12(18-11-4-5-11)13(7-10)20(24)25/h3,6-7,11,18H,4-5,8-9H2,1-2H3,(H,17,21). The third-order valence-electron chi connectivity index (χ3n) is 3.64. The first-order valence-corrected chi connectivity index (χ1v) is 7.97. The molecule has 1 aliphatic rings. The molecule has 10 heteroatoms. The fourth-order valence-corrected chi connectivity index (χ4v) is 1.98. The number of carbonyl (C=O) groups is 3. The van der Waals surface area contributed by atoms with Gasteiger partial charge in [-0.05, 0) is 25.0 Å². The van der Waals surface area contributed by atoms with E-state index in [0.717, 1.165) is 18.9 Å². The van der Waals surface area contributed by atoms with Gasteiger partial charge in [-0.1, -0.05) is 0 Å². The molecule has 10 nitrogen and oxygen atoms in total. The van der Waals surface area contributed by atoms with Gasteiger partial charge in [-0.3, -0.25) is 19.7 Å². The molecule has 0 heterocycles. The first-order valence-electron chi connectivity index (χ1n) is 7.97. The van der Waals surface area contributed by atoms with Gasteiger partial charge in [0.15, 0.2) is 6.61 Å². The van der Waals surface area contributed by atoms with Crippen LogP contribution in [0.3, 0.4) is 0 Å². The summed E-state index contributed by atoms with van der Waals surface area (Å²) in [6.45, 7) is -0.800. The van der Waals surface area contributed by atoms with Crippen molar-refractivity contribution in [3.8, 4) is 0 Å². The van der Waals surface area contributed by atoms with Crippen molar-refractivity contribution < 1.29 is 24.0 Å². The predicted octanol–water partition coefficient (Wildman–Crippen LogP) is 0.530. The van der Waals surface area contributed by atoms with E-state index in [9.17, 15) is 24.5 Å². The highest BCUT2D eigenvalue weighted by atomic mass is 16.6. The monoisotopic (exact) mass is 364 g/mol. The topological polar surface area (TPSA) is 131 Å². The molecule has 1 aromatic rings. The van der Waals surface area contributed by atoms with E-state index in [4.69, 9.17) is 4.74 Å². The Hall–Kier alpha value is -3.17. The molecule has 0 spiro atoms. The maximum atomic E-state index is 12.0. The van der Waals surface area contributed by atoms with Gasteiger partial charge >= 0.3 is 5.97 Å². The molecule has 0 aromatic heterocycles. The molecule has 0 aliphatic heterocycles. The van der Waals surface area contributed by atoms with Gasteiger partial charge in [-0.15, -0.1) is 0 Å². The van der Waals surface area contributed by atoms with Crippen LogP contribution in [0.15, 0.2) is 18.2 Å². The van der Waals surface area contributed by atoms with E-state index in [1.165, 1.54) is 17.0 Å². The summed E-state index contributed by atoms with van der Waals surface area (Å²) >= 11 is 0. The van der Waals surface area contributed by atoms with Crippen LogP contribution in [0.5, 0.6) is 0 Å².